The lowest BCUT2D eigenvalue weighted by atomic mass is 10.3. The lowest BCUT2D eigenvalue weighted by Crippen LogP contribution is -2.03. The zero-order chi connectivity index (χ0) is 9.94. The van der Waals surface area contributed by atoms with Crippen LogP contribution in [0.25, 0.3) is 0 Å². The van der Waals surface area contributed by atoms with E-state index >= 15 is 0 Å². The second-order valence-electron chi connectivity index (χ2n) is 3.21. The molecule has 80 valence electrons. The van der Waals surface area contributed by atoms with E-state index in [0.29, 0.717) is 6.79 Å². The van der Waals surface area contributed by atoms with Crippen LogP contribution in [0.1, 0.15) is 39.5 Å². The molecule has 0 fully saturated rings. The fourth-order valence-corrected chi connectivity index (χ4v) is 1.33. The van der Waals surface area contributed by atoms with Crippen molar-refractivity contribution in [3.8, 4) is 0 Å². The van der Waals surface area contributed by atoms with Crippen LogP contribution in [0, 0.1) is 0 Å². The Bertz CT molecular complexity index is 96.9. The molecule has 0 aromatic heterocycles. The zero-order valence-corrected chi connectivity index (χ0v) is 10.9. The highest BCUT2D eigenvalue weighted by molar-refractivity contribution is 14.1. The first kappa shape index (κ1) is 13.7. The summed E-state index contributed by atoms with van der Waals surface area (Å²) in [5, 5.41) is 0. The zero-order valence-electron chi connectivity index (χ0n) is 8.72. The maximum absolute atomic E-state index is 5.31. The van der Waals surface area contributed by atoms with Crippen LogP contribution >= 0.6 is 22.6 Å². The molecule has 0 aliphatic rings. The van der Waals surface area contributed by atoms with Crippen LogP contribution in [-0.4, -0.2) is 23.9 Å². The predicted molar refractivity (Wildman–Crippen MR) is 64.4 cm³/mol. The monoisotopic (exact) mass is 300 g/mol. The van der Waals surface area contributed by atoms with Gasteiger partial charge in [0.05, 0.1) is 0 Å². The van der Waals surface area contributed by atoms with Crippen LogP contribution < -0.4 is 0 Å². The van der Waals surface area contributed by atoms with Crippen LogP contribution in [0.2, 0.25) is 0 Å². The third kappa shape index (κ3) is 12.6. The van der Waals surface area contributed by atoms with Gasteiger partial charge in [0, 0.05) is 17.1 Å². The van der Waals surface area contributed by atoms with Crippen LogP contribution in [0.5, 0.6) is 0 Å². The normalized spacial score (nSPS) is 13.2. The molecule has 0 N–H and O–H groups in total. The first-order chi connectivity index (χ1) is 6.27. The first-order valence-electron chi connectivity index (χ1n) is 5.07. The number of hydrogen-bond donors (Lipinski definition) is 0. The summed E-state index contributed by atoms with van der Waals surface area (Å²) in [7, 11) is 0. The molecule has 0 amide bonds. The van der Waals surface area contributed by atoms with Gasteiger partial charge in [-0.25, -0.2) is 0 Å². The van der Waals surface area contributed by atoms with Gasteiger partial charge in [0.15, 0.2) is 0 Å². The Labute approximate surface area is 95.5 Å². The van der Waals surface area contributed by atoms with E-state index in [4.69, 9.17) is 9.47 Å². The summed E-state index contributed by atoms with van der Waals surface area (Å²) in [6, 6.07) is 0. The largest absolute Gasteiger partial charge is 0.355 e. The van der Waals surface area contributed by atoms with Gasteiger partial charge in [0.2, 0.25) is 0 Å². The molecule has 0 aromatic rings. The van der Waals surface area contributed by atoms with E-state index in [2.05, 4.69) is 36.4 Å². The Kier molecular flexibility index (Phi) is 11.3. The van der Waals surface area contributed by atoms with E-state index in [1.807, 2.05) is 0 Å². The van der Waals surface area contributed by atoms with Gasteiger partial charge in [-0.3, -0.25) is 0 Å². The summed E-state index contributed by atoms with van der Waals surface area (Å²) in [5.41, 5.74) is 0. The van der Waals surface area contributed by atoms with Gasteiger partial charge in [-0.05, 0) is 19.3 Å². The fourth-order valence-electron chi connectivity index (χ4n) is 0.890. The van der Waals surface area contributed by atoms with Crippen molar-refractivity contribution in [2.75, 3.05) is 20.0 Å². The Morgan fingerprint density at radius 2 is 1.77 bits per heavy atom. The van der Waals surface area contributed by atoms with E-state index in [0.717, 1.165) is 30.0 Å². The quantitative estimate of drug-likeness (QED) is 0.281. The van der Waals surface area contributed by atoms with Crippen LogP contribution in [-0.2, 0) is 9.47 Å². The molecule has 2 nitrogen and oxygen atoms in total. The Hall–Kier alpha value is 0.650. The number of rotatable bonds is 9. The highest BCUT2D eigenvalue weighted by atomic mass is 127. The number of hydrogen-bond acceptors (Lipinski definition) is 2. The highest BCUT2D eigenvalue weighted by Gasteiger charge is 1.95. The summed E-state index contributed by atoms with van der Waals surface area (Å²) < 4.78 is 11.3. The molecule has 0 spiro atoms. The van der Waals surface area contributed by atoms with E-state index in [1.54, 1.807) is 0 Å². The summed E-state index contributed by atoms with van der Waals surface area (Å²) in [6.07, 6.45) is 4.69. The van der Waals surface area contributed by atoms with Gasteiger partial charge >= 0.3 is 0 Å². The molecule has 0 aromatic carbocycles. The van der Waals surface area contributed by atoms with Crippen molar-refractivity contribution in [1.29, 1.82) is 0 Å². The predicted octanol–water partition coefficient (Wildman–Crippen LogP) is 3.38. The summed E-state index contributed by atoms with van der Waals surface area (Å²) in [5.74, 6) is 0. The van der Waals surface area contributed by atoms with Crippen molar-refractivity contribution >= 4 is 22.6 Å². The van der Waals surface area contributed by atoms with Gasteiger partial charge in [-0.2, -0.15) is 0 Å². The highest BCUT2D eigenvalue weighted by Crippen LogP contribution is 2.06. The van der Waals surface area contributed by atoms with Crippen molar-refractivity contribution in [1.82, 2.24) is 0 Å². The molecule has 0 saturated carbocycles. The summed E-state index contributed by atoms with van der Waals surface area (Å²) >= 11 is 2.44. The van der Waals surface area contributed by atoms with Crippen molar-refractivity contribution in [2.45, 2.75) is 43.5 Å². The minimum Gasteiger partial charge on any atom is -0.355 e. The molecule has 0 heterocycles. The lowest BCUT2D eigenvalue weighted by molar-refractivity contribution is -0.0551. The van der Waals surface area contributed by atoms with Crippen LogP contribution in [0.15, 0.2) is 0 Å². The maximum atomic E-state index is 5.31. The van der Waals surface area contributed by atoms with Gasteiger partial charge in [-0.1, -0.05) is 42.9 Å². The first-order valence-corrected chi connectivity index (χ1v) is 6.31. The van der Waals surface area contributed by atoms with Gasteiger partial charge in [0.1, 0.15) is 6.79 Å². The Balaban J connectivity index is 2.84. The maximum Gasteiger partial charge on any atom is 0.146 e. The molecular formula is C10H21IO2. The van der Waals surface area contributed by atoms with Gasteiger partial charge in [0.25, 0.3) is 0 Å². The third-order valence-corrected chi connectivity index (χ3v) is 2.32. The SMILES string of the molecule is CCCCOCOCCCC(C)I. The second kappa shape index (κ2) is 10.7. The minimum absolute atomic E-state index is 0.468. The van der Waals surface area contributed by atoms with Gasteiger partial charge in [-0.15, -0.1) is 0 Å². The molecular weight excluding hydrogens is 279 g/mol. The Morgan fingerprint density at radius 1 is 1.15 bits per heavy atom. The molecule has 0 rings (SSSR count). The van der Waals surface area contributed by atoms with Crippen molar-refractivity contribution < 1.29 is 9.47 Å². The number of halogens is 1. The van der Waals surface area contributed by atoms with E-state index in [-0.39, 0.29) is 0 Å². The average Bonchev–Trinajstić information content (AvgIpc) is 2.09. The molecule has 0 radical (unpaired) electrons. The number of ether oxygens (including phenoxy) is 2. The number of unbranched alkanes of at least 4 members (excludes halogenated alkanes) is 1. The molecule has 0 aliphatic carbocycles. The number of alkyl halides is 1. The van der Waals surface area contributed by atoms with Gasteiger partial charge < -0.3 is 9.47 Å². The topological polar surface area (TPSA) is 18.5 Å². The van der Waals surface area contributed by atoms with Crippen LogP contribution in [0.4, 0.5) is 0 Å². The minimum atomic E-state index is 0.468. The van der Waals surface area contributed by atoms with E-state index < -0.39 is 0 Å². The standard InChI is InChI=1S/C10H21IO2/c1-3-4-7-12-9-13-8-5-6-10(2)11/h10H,3-9H2,1-2H3. The molecule has 0 saturated heterocycles. The smallest absolute Gasteiger partial charge is 0.146 e. The van der Waals surface area contributed by atoms with Crippen LogP contribution in [0.3, 0.4) is 0 Å². The third-order valence-electron chi connectivity index (χ3n) is 1.70. The fraction of sp³-hybridized carbons (Fsp3) is 1.00. The van der Waals surface area contributed by atoms with Crippen molar-refractivity contribution in [3.63, 3.8) is 0 Å². The molecule has 3 heteroatoms. The molecule has 0 aliphatic heterocycles. The Morgan fingerprint density at radius 3 is 2.31 bits per heavy atom. The second-order valence-corrected chi connectivity index (χ2v) is 5.34. The van der Waals surface area contributed by atoms with E-state index in [9.17, 15) is 0 Å². The van der Waals surface area contributed by atoms with Crippen molar-refractivity contribution in [2.24, 2.45) is 0 Å². The lowest BCUT2D eigenvalue weighted by Gasteiger charge is -2.05. The summed E-state index contributed by atoms with van der Waals surface area (Å²) in [4.78, 5) is 0. The molecule has 1 unspecified atom stereocenters. The summed E-state index contributed by atoms with van der Waals surface area (Å²) in [6.45, 7) is 6.51. The molecule has 1 atom stereocenters. The average molecular weight is 300 g/mol. The van der Waals surface area contributed by atoms with E-state index in [1.165, 1.54) is 12.8 Å². The molecule has 13 heavy (non-hydrogen) atoms. The van der Waals surface area contributed by atoms with Crippen molar-refractivity contribution in [3.05, 3.63) is 0 Å². The molecule has 0 bridgehead atoms.